The average molecular weight is 927 g/mol. The van der Waals surface area contributed by atoms with Gasteiger partial charge in [-0.1, -0.05) is 53.6 Å². The summed E-state index contributed by atoms with van der Waals surface area (Å²) in [6.07, 6.45) is 4.07. The number of carbonyl (C=O) groups excluding carboxylic acids is 1. The summed E-state index contributed by atoms with van der Waals surface area (Å²) in [5.41, 5.74) is 8.25. The van der Waals surface area contributed by atoms with E-state index >= 15 is 0 Å². The number of hydrogen-bond acceptors (Lipinski definition) is 15. The van der Waals surface area contributed by atoms with Gasteiger partial charge in [0.15, 0.2) is 0 Å². The number of benzene rings is 4. The Kier molecular flexibility index (Phi) is 15.2. The first kappa shape index (κ1) is 48.0. The highest BCUT2D eigenvalue weighted by atomic mass is 32.2. The number of nitrogens with one attached hydrogen (secondary N) is 2. The Hall–Kier alpha value is -6.92. The van der Waals surface area contributed by atoms with Crippen LogP contribution in [-0.4, -0.2) is 65.8 Å². The second-order valence-corrected chi connectivity index (χ2v) is 18.9. The number of hydrogen-bond donors (Lipinski definition) is 2. The summed E-state index contributed by atoms with van der Waals surface area (Å²) in [5.74, 6) is 1.73. The molecule has 0 unspecified atom stereocenters. The van der Waals surface area contributed by atoms with Crippen molar-refractivity contribution >= 4 is 16.0 Å². The summed E-state index contributed by atoms with van der Waals surface area (Å²) in [6, 6.07) is 27.1. The third kappa shape index (κ3) is 11.4. The van der Waals surface area contributed by atoms with Crippen LogP contribution in [0.2, 0.25) is 0 Å². The first-order valence-electron chi connectivity index (χ1n) is 22.4. The standard InChI is InChI=1S/C25H26N4O6S.C25H28N4O2/c1-15(2)34-22-10-7-16(13-17(22)14-26)25-27-24(28-35-25)20-6-4-5-19-18(20)8-9-21(19)29-36(31,32)12-11-23(30)33-3;1-5-16(4)27-22-11-10-19-20(22)7-6-8-21(19)24-28-25(31-29-24)17-9-12-23(30-15(2)3)18(13-17)14-26/h4-7,10,13,15,21,29H,8-9,11-12H2,1-3H3;6-9,12-13,15-16,22,27H,5,10-11H2,1-4H3/t21-;16-,22+/m01/s1. The maximum Gasteiger partial charge on any atom is 0.306 e. The Bertz CT molecular complexity index is 2930. The van der Waals surface area contributed by atoms with Crippen LogP contribution in [0.4, 0.5) is 0 Å². The minimum absolute atomic E-state index is 0.00763. The third-order valence-corrected chi connectivity index (χ3v) is 12.9. The van der Waals surface area contributed by atoms with Crippen molar-refractivity contribution in [2.75, 3.05) is 12.9 Å². The second-order valence-electron chi connectivity index (χ2n) is 17.0. The summed E-state index contributed by atoms with van der Waals surface area (Å²) < 4.78 is 54.6. The Balaban J connectivity index is 0.000000201. The van der Waals surface area contributed by atoms with Crippen LogP contribution in [0.1, 0.15) is 113 Å². The van der Waals surface area contributed by atoms with Crippen LogP contribution >= 0.6 is 0 Å². The Morgan fingerprint density at radius 2 is 1.25 bits per heavy atom. The van der Waals surface area contributed by atoms with E-state index in [1.165, 1.54) is 18.2 Å². The number of rotatable bonds is 16. The van der Waals surface area contributed by atoms with Gasteiger partial charge >= 0.3 is 5.97 Å². The van der Waals surface area contributed by atoms with E-state index in [2.05, 4.69) is 79.2 Å². The summed E-state index contributed by atoms with van der Waals surface area (Å²) in [7, 11) is -2.46. The molecule has 348 valence electrons. The molecule has 3 atom stereocenters. The largest absolute Gasteiger partial charge is 0.490 e. The van der Waals surface area contributed by atoms with Crippen molar-refractivity contribution < 1.29 is 36.5 Å². The number of carbonyl (C=O) groups is 1. The fourth-order valence-electron chi connectivity index (χ4n) is 8.19. The van der Waals surface area contributed by atoms with E-state index < -0.39 is 22.0 Å². The maximum atomic E-state index is 12.5. The van der Waals surface area contributed by atoms with E-state index in [1.807, 2.05) is 52.0 Å². The van der Waals surface area contributed by atoms with Crippen LogP contribution in [0, 0.1) is 22.7 Å². The van der Waals surface area contributed by atoms with E-state index in [1.54, 1.807) is 30.3 Å². The molecule has 0 fully saturated rings. The number of aromatic nitrogens is 4. The summed E-state index contributed by atoms with van der Waals surface area (Å²) >= 11 is 0. The molecular formula is C50H54N8O8S. The predicted molar refractivity (Wildman–Crippen MR) is 250 cm³/mol. The van der Waals surface area contributed by atoms with Gasteiger partial charge in [0.1, 0.15) is 23.6 Å². The second kappa shape index (κ2) is 21.1. The van der Waals surface area contributed by atoms with Gasteiger partial charge in [-0.05, 0) is 125 Å². The highest BCUT2D eigenvalue weighted by molar-refractivity contribution is 7.89. The molecular weight excluding hydrogens is 873 g/mol. The molecule has 2 aliphatic rings. The quantitative estimate of drug-likeness (QED) is 0.0863. The molecule has 17 heteroatoms. The lowest BCUT2D eigenvalue weighted by molar-refractivity contribution is -0.140. The summed E-state index contributed by atoms with van der Waals surface area (Å²) in [6.45, 7) is 12.1. The van der Waals surface area contributed by atoms with Gasteiger partial charge in [0.2, 0.25) is 21.7 Å². The molecule has 2 aliphatic carbocycles. The smallest absolute Gasteiger partial charge is 0.306 e. The van der Waals surface area contributed by atoms with Crippen molar-refractivity contribution in [1.29, 1.82) is 10.5 Å². The predicted octanol–water partition coefficient (Wildman–Crippen LogP) is 8.97. The Labute approximate surface area is 390 Å². The molecule has 6 aromatic rings. The molecule has 2 N–H and O–H groups in total. The third-order valence-electron chi connectivity index (χ3n) is 11.5. The van der Waals surface area contributed by atoms with Crippen molar-refractivity contribution in [2.45, 2.75) is 110 Å². The molecule has 8 rings (SSSR count). The number of fused-ring (bicyclic) bond motifs is 2. The van der Waals surface area contributed by atoms with Gasteiger partial charge in [-0.25, -0.2) is 13.1 Å². The van der Waals surface area contributed by atoms with Crippen molar-refractivity contribution in [1.82, 2.24) is 30.3 Å². The minimum atomic E-state index is -3.68. The first-order valence-corrected chi connectivity index (χ1v) is 24.0. The van der Waals surface area contributed by atoms with E-state index in [9.17, 15) is 23.7 Å². The van der Waals surface area contributed by atoms with Gasteiger partial charge in [0.25, 0.3) is 11.8 Å². The molecule has 0 aliphatic heterocycles. The zero-order chi connectivity index (χ0) is 47.8. The van der Waals surface area contributed by atoms with Crippen LogP contribution in [0.15, 0.2) is 81.8 Å². The van der Waals surface area contributed by atoms with E-state index in [4.69, 9.17) is 18.5 Å². The van der Waals surface area contributed by atoms with Gasteiger partial charge in [-0.3, -0.25) is 4.79 Å². The van der Waals surface area contributed by atoms with Crippen LogP contribution in [0.5, 0.6) is 11.5 Å². The molecule has 0 saturated carbocycles. The normalized spacial score (nSPS) is 15.5. The molecule has 0 amide bonds. The van der Waals surface area contributed by atoms with Crippen LogP contribution in [0.25, 0.3) is 45.7 Å². The fourth-order valence-corrected chi connectivity index (χ4v) is 9.43. The Morgan fingerprint density at radius 3 is 1.72 bits per heavy atom. The van der Waals surface area contributed by atoms with Crippen molar-refractivity contribution in [3.05, 3.63) is 106 Å². The average Bonchev–Trinajstić information content (AvgIpc) is 4.16. The topological polar surface area (TPSA) is 228 Å². The van der Waals surface area contributed by atoms with Gasteiger partial charge < -0.3 is 28.6 Å². The van der Waals surface area contributed by atoms with E-state index in [0.717, 1.165) is 41.5 Å². The number of sulfonamides is 1. The molecule has 2 aromatic heterocycles. The SMILES string of the molecule is CC[C@@H](C)N[C@H]1CCc2c(-c3noc(-c4ccc(OC(C)C)c(C#N)c4)n3)cccc21.COC(=O)CCS(=O)(=O)N[C@H]1CCc2c(-c3noc(-c4ccc(OC(C)C)c(C#N)c4)n3)cccc21. The number of ether oxygens (including phenoxy) is 3. The lowest BCUT2D eigenvalue weighted by Gasteiger charge is -2.19. The van der Waals surface area contributed by atoms with Crippen LogP contribution in [0.3, 0.4) is 0 Å². The molecule has 2 heterocycles. The Morgan fingerprint density at radius 1 is 0.761 bits per heavy atom. The van der Waals surface area contributed by atoms with Gasteiger partial charge in [0, 0.05) is 40.4 Å². The van der Waals surface area contributed by atoms with E-state index in [0.29, 0.717) is 76.2 Å². The number of esters is 1. The van der Waals surface area contributed by atoms with Crippen molar-refractivity contribution in [2.24, 2.45) is 0 Å². The fraction of sp³-hybridized carbons (Fsp3) is 0.380. The lowest BCUT2D eigenvalue weighted by Crippen LogP contribution is -2.30. The lowest BCUT2D eigenvalue weighted by atomic mass is 10.0. The zero-order valence-electron chi connectivity index (χ0n) is 38.6. The molecule has 4 aromatic carbocycles. The maximum absolute atomic E-state index is 12.5. The molecule has 0 bridgehead atoms. The molecule has 0 radical (unpaired) electrons. The summed E-state index contributed by atoms with van der Waals surface area (Å²) in [4.78, 5) is 20.5. The number of methoxy groups -OCH3 is 1. The number of nitrogens with zero attached hydrogens (tertiary/aromatic N) is 6. The minimum Gasteiger partial charge on any atom is -0.490 e. The molecule has 16 nitrogen and oxygen atoms in total. The highest BCUT2D eigenvalue weighted by Gasteiger charge is 2.31. The van der Waals surface area contributed by atoms with Crippen molar-refractivity contribution in [3.63, 3.8) is 0 Å². The van der Waals surface area contributed by atoms with Gasteiger partial charge in [-0.15, -0.1) is 0 Å². The first-order chi connectivity index (χ1) is 32.2. The van der Waals surface area contributed by atoms with E-state index in [-0.39, 0.29) is 30.3 Å². The van der Waals surface area contributed by atoms with Crippen LogP contribution < -0.4 is 19.5 Å². The molecule has 0 saturated heterocycles. The van der Waals surface area contributed by atoms with Crippen LogP contribution in [-0.2, 0) is 32.4 Å². The number of nitriles is 2. The molecule has 0 spiro atoms. The summed E-state index contributed by atoms with van der Waals surface area (Å²) in [5, 5.41) is 31.1. The monoisotopic (exact) mass is 926 g/mol. The zero-order valence-corrected chi connectivity index (χ0v) is 39.4. The molecule has 67 heavy (non-hydrogen) atoms. The van der Waals surface area contributed by atoms with Gasteiger partial charge in [0.05, 0.1) is 42.6 Å². The van der Waals surface area contributed by atoms with Gasteiger partial charge in [-0.2, -0.15) is 20.5 Å². The van der Waals surface area contributed by atoms with Crippen molar-refractivity contribution in [3.8, 4) is 69.3 Å². The highest BCUT2D eigenvalue weighted by Crippen LogP contribution is 2.40.